The summed E-state index contributed by atoms with van der Waals surface area (Å²) in [6.45, 7) is 2.09. The number of nitrogens with zero attached hydrogens (tertiary/aromatic N) is 4. The van der Waals surface area contributed by atoms with Gasteiger partial charge in [-0.1, -0.05) is 29.8 Å². The minimum atomic E-state index is -0.903. The lowest BCUT2D eigenvalue weighted by Gasteiger charge is -2.12. The number of carbonyl (C=O) groups is 2. The summed E-state index contributed by atoms with van der Waals surface area (Å²) in [4.78, 5) is 32.6. The minimum Gasteiger partial charge on any atom is -0.478 e. The summed E-state index contributed by atoms with van der Waals surface area (Å²) < 4.78 is 5.21. The van der Waals surface area contributed by atoms with Crippen LogP contribution < -0.4 is 0 Å². The lowest BCUT2D eigenvalue weighted by molar-refractivity contribution is 0.0684. The molecule has 4 heterocycles. The number of hydrogen-bond donors (Lipinski definition) is 2. The van der Waals surface area contributed by atoms with Crippen LogP contribution in [0, 0.1) is 6.92 Å². The quantitative estimate of drug-likeness (QED) is 0.151. The van der Waals surface area contributed by atoms with Crippen LogP contribution in [0.2, 0.25) is 0 Å². The van der Waals surface area contributed by atoms with E-state index in [1.807, 2.05) is 37.8 Å². The van der Waals surface area contributed by atoms with E-state index in [-0.39, 0.29) is 0 Å². The molecular weight excluding hydrogens is 740 g/mol. The summed E-state index contributed by atoms with van der Waals surface area (Å²) >= 11 is 3.62. The fourth-order valence-electron chi connectivity index (χ4n) is 7.45. The van der Waals surface area contributed by atoms with Gasteiger partial charge in [-0.15, -0.1) is 0 Å². The first-order valence-electron chi connectivity index (χ1n) is 18.3. The van der Waals surface area contributed by atoms with Crippen molar-refractivity contribution < 1.29 is 19.8 Å². The van der Waals surface area contributed by atoms with Crippen molar-refractivity contribution in [2.24, 2.45) is 14.1 Å². The number of halogens is 1. The second kappa shape index (κ2) is 14.4. The van der Waals surface area contributed by atoms with Crippen LogP contribution in [0.3, 0.4) is 0 Å². The van der Waals surface area contributed by atoms with E-state index in [1.165, 1.54) is 11.1 Å². The molecule has 272 valence electrons. The standard InChI is InChI=1S/C26H24N2O2.C19H17BrN2O2/c1-16-3-5-19(6-4-16)22-12-17(11-20-9-10-28(2)25(20)22)13-24-23(26(29)30)14-21(15-27-24)18-7-8-18;1-22-5-4-13-6-11(7-16(20)18(13)22)8-17-15(19(23)24)9-14(10-21-17)12-2-3-12/h3-6,9-12,14-15,18H,7-8,13H2,1-2H3,(H,29,30);4-7,9-10,12H,2-3,8H2,1H3,(H,23,24). The number of fused-ring (bicyclic) bond motifs is 2. The number of aryl methyl sites for hydroxylation is 3. The van der Waals surface area contributed by atoms with Crippen molar-refractivity contribution >= 4 is 49.7 Å². The van der Waals surface area contributed by atoms with Crippen LogP contribution in [0.1, 0.15) is 97.4 Å². The van der Waals surface area contributed by atoms with Crippen molar-refractivity contribution in [3.8, 4) is 11.1 Å². The third-order valence-electron chi connectivity index (χ3n) is 10.7. The van der Waals surface area contributed by atoms with Crippen molar-refractivity contribution in [3.63, 3.8) is 0 Å². The molecule has 2 aliphatic rings. The van der Waals surface area contributed by atoms with Crippen LogP contribution in [0.15, 0.2) is 102 Å². The molecule has 4 aromatic heterocycles. The van der Waals surface area contributed by atoms with Gasteiger partial charge in [-0.05, 0) is 137 Å². The molecule has 9 rings (SSSR count). The SMILES string of the molecule is Cc1ccc(-c2cc(Cc3ncc(C4CC4)cc3C(=O)O)cc3ccn(C)c23)cc1.Cn1ccc2cc(Cc3ncc(C4CC4)cc3C(=O)O)cc(Br)c21. The highest BCUT2D eigenvalue weighted by Crippen LogP contribution is 2.41. The molecule has 2 N–H and O–H groups in total. The van der Waals surface area contributed by atoms with Crippen LogP contribution >= 0.6 is 15.9 Å². The summed E-state index contributed by atoms with van der Waals surface area (Å²) in [5, 5.41) is 21.6. The number of carboxylic acids is 2. The van der Waals surface area contributed by atoms with Gasteiger partial charge in [-0.3, -0.25) is 9.97 Å². The summed E-state index contributed by atoms with van der Waals surface area (Å²) in [7, 11) is 4.06. The highest BCUT2D eigenvalue weighted by molar-refractivity contribution is 9.10. The van der Waals surface area contributed by atoms with Gasteiger partial charge in [0.25, 0.3) is 0 Å². The van der Waals surface area contributed by atoms with E-state index in [1.54, 1.807) is 6.07 Å². The number of carboxylic acid groups (broad SMARTS) is 2. The topological polar surface area (TPSA) is 110 Å². The van der Waals surface area contributed by atoms with Gasteiger partial charge < -0.3 is 19.3 Å². The first kappa shape index (κ1) is 35.5. The smallest absolute Gasteiger partial charge is 0.337 e. The van der Waals surface area contributed by atoms with Gasteiger partial charge >= 0.3 is 11.9 Å². The maximum atomic E-state index is 11.9. The first-order valence-corrected chi connectivity index (χ1v) is 19.1. The van der Waals surface area contributed by atoms with Gasteiger partial charge in [0.15, 0.2) is 0 Å². The predicted molar refractivity (Wildman–Crippen MR) is 216 cm³/mol. The van der Waals surface area contributed by atoms with Gasteiger partial charge in [0, 0.05) is 72.5 Å². The number of aromatic nitrogens is 4. The van der Waals surface area contributed by atoms with Gasteiger partial charge in [-0.2, -0.15) is 0 Å². The second-order valence-electron chi connectivity index (χ2n) is 14.9. The zero-order valence-corrected chi connectivity index (χ0v) is 32.1. The highest BCUT2D eigenvalue weighted by atomic mass is 79.9. The van der Waals surface area contributed by atoms with Crippen LogP contribution in [0.4, 0.5) is 0 Å². The molecule has 9 heteroatoms. The van der Waals surface area contributed by atoms with E-state index < -0.39 is 11.9 Å². The van der Waals surface area contributed by atoms with Crippen molar-refractivity contribution in [1.82, 2.24) is 19.1 Å². The van der Waals surface area contributed by atoms with E-state index in [0.29, 0.717) is 47.2 Å². The Balaban J connectivity index is 0.000000157. The molecule has 0 aliphatic heterocycles. The first-order chi connectivity index (χ1) is 26.0. The Morgan fingerprint density at radius 1 is 0.685 bits per heavy atom. The molecule has 3 aromatic carbocycles. The fraction of sp³-hybridized carbons (Fsp3) is 0.244. The molecular formula is C45H41BrN4O4. The molecule has 0 spiro atoms. The molecule has 0 amide bonds. The van der Waals surface area contributed by atoms with Crippen LogP contribution in [0.5, 0.6) is 0 Å². The van der Waals surface area contributed by atoms with E-state index in [0.717, 1.165) is 79.8 Å². The average Bonchev–Trinajstić information content (AvgIpc) is 4.09. The number of benzene rings is 3. The lowest BCUT2D eigenvalue weighted by Crippen LogP contribution is -2.07. The second-order valence-corrected chi connectivity index (χ2v) is 15.7. The molecule has 7 aromatic rings. The minimum absolute atomic E-state index is 0.323. The monoisotopic (exact) mass is 780 g/mol. The third-order valence-corrected chi connectivity index (χ3v) is 11.3. The van der Waals surface area contributed by atoms with E-state index in [2.05, 4.69) is 110 Å². The Kier molecular flexibility index (Phi) is 9.44. The Morgan fingerprint density at radius 3 is 1.67 bits per heavy atom. The molecule has 8 nitrogen and oxygen atoms in total. The number of pyridine rings is 2. The Bertz CT molecular complexity index is 2580. The average molecular weight is 782 g/mol. The number of rotatable bonds is 9. The Hall–Kier alpha value is -5.54. The molecule has 2 saturated carbocycles. The molecule has 0 saturated heterocycles. The van der Waals surface area contributed by atoms with E-state index >= 15 is 0 Å². The highest BCUT2D eigenvalue weighted by Gasteiger charge is 2.27. The normalized spacial score (nSPS) is 13.9. The van der Waals surface area contributed by atoms with Crippen molar-refractivity contribution in [1.29, 1.82) is 0 Å². The van der Waals surface area contributed by atoms with Gasteiger partial charge in [0.2, 0.25) is 0 Å². The molecule has 2 aliphatic carbocycles. The molecule has 0 atom stereocenters. The van der Waals surface area contributed by atoms with Crippen LogP contribution in [-0.4, -0.2) is 41.3 Å². The molecule has 54 heavy (non-hydrogen) atoms. The summed E-state index contributed by atoms with van der Waals surface area (Å²) in [5.74, 6) is -0.822. The summed E-state index contributed by atoms with van der Waals surface area (Å²) in [6, 6.07) is 24.8. The predicted octanol–water partition coefficient (Wildman–Crippen LogP) is 10.2. The number of aromatic carboxylic acids is 2. The summed E-state index contributed by atoms with van der Waals surface area (Å²) in [6.07, 6.45) is 13.3. The Morgan fingerprint density at radius 2 is 1.17 bits per heavy atom. The maximum Gasteiger partial charge on any atom is 0.337 e. The van der Waals surface area contributed by atoms with Gasteiger partial charge in [0.1, 0.15) is 0 Å². The van der Waals surface area contributed by atoms with Crippen molar-refractivity contribution in [3.05, 3.63) is 152 Å². The van der Waals surface area contributed by atoms with Crippen molar-refractivity contribution in [2.75, 3.05) is 0 Å². The molecule has 2 fully saturated rings. The van der Waals surface area contributed by atoms with E-state index in [9.17, 15) is 19.8 Å². The van der Waals surface area contributed by atoms with Gasteiger partial charge in [-0.25, -0.2) is 9.59 Å². The largest absolute Gasteiger partial charge is 0.478 e. The molecule has 0 unspecified atom stereocenters. The van der Waals surface area contributed by atoms with E-state index in [4.69, 9.17) is 0 Å². The van der Waals surface area contributed by atoms with Gasteiger partial charge in [0.05, 0.1) is 33.5 Å². The zero-order chi connectivity index (χ0) is 37.7. The fourth-order valence-corrected chi connectivity index (χ4v) is 8.25. The maximum absolute atomic E-state index is 11.9. The zero-order valence-electron chi connectivity index (χ0n) is 30.5. The third kappa shape index (κ3) is 7.33. The number of hydrogen-bond acceptors (Lipinski definition) is 4. The Labute approximate surface area is 322 Å². The molecule has 0 bridgehead atoms. The van der Waals surface area contributed by atoms with Crippen LogP contribution in [0.25, 0.3) is 32.9 Å². The summed E-state index contributed by atoms with van der Waals surface area (Å²) in [5.41, 5.74) is 12.0. The van der Waals surface area contributed by atoms with Crippen molar-refractivity contribution in [2.45, 2.75) is 57.3 Å². The molecule has 0 radical (unpaired) electrons. The lowest BCUT2D eigenvalue weighted by atomic mass is 9.96. The van der Waals surface area contributed by atoms with Crippen LogP contribution in [-0.2, 0) is 26.9 Å².